The third kappa shape index (κ3) is 9.10. The Labute approximate surface area is 153 Å². The summed E-state index contributed by atoms with van der Waals surface area (Å²) in [7, 11) is 0. The fourth-order valence-electron chi connectivity index (χ4n) is 3.24. The summed E-state index contributed by atoms with van der Waals surface area (Å²) in [6.45, 7) is 11.5. The van der Waals surface area contributed by atoms with E-state index in [9.17, 15) is 4.79 Å². The molecule has 0 amide bonds. The highest BCUT2D eigenvalue weighted by molar-refractivity contribution is 5.80. The zero-order valence-corrected chi connectivity index (χ0v) is 16.5. The number of nitrogens with zero attached hydrogens (tertiary/aromatic N) is 1. The van der Waals surface area contributed by atoms with E-state index in [0.717, 1.165) is 38.7 Å². The molecule has 25 heavy (non-hydrogen) atoms. The molecule has 2 N–H and O–H groups in total. The topological polar surface area (TPSA) is 72.0 Å². The standard InChI is InChI=1S/C19H37N3O3/c1-5-20-18(21-13-9-17(23)25-16(3)4)22-15-19(10-7-8-11-19)12-14-24-6-2/h16H,5-15H2,1-4H3,(H2,20,21,22). The summed E-state index contributed by atoms with van der Waals surface area (Å²) in [6, 6.07) is 0. The fourth-order valence-corrected chi connectivity index (χ4v) is 3.24. The average molecular weight is 356 g/mol. The summed E-state index contributed by atoms with van der Waals surface area (Å²) in [5.74, 6) is 0.602. The molecule has 0 spiro atoms. The molecule has 146 valence electrons. The van der Waals surface area contributed by atoms with Gasteiger partial charge in [0.25, 0.3) is 0 Å². The van der Waals surface area contributed by atoms with Crippen LogP contribution in [-0.2, 0) is 14.3 Å². The van der Waals surface area contributed by atoms with Gasteiger partial charge >= 0.3 is 5.97 Å². The zero-order chi connectivity index (χ0) is 18.5. The van der Waals surface area contributed by atoms with E-state index >= 15 is 0 Å². The smallest absolute Gasteiger partial charge is 0.307 e. The number of nitrogens with one attached hydrogen (secondary N) is 2. The van der Waals surface area contributed by atoms with Crippen LogP contribution in [0.2, 0.25) is 0 Å². The van der Waals surface area contributed by atoms with Gasteiger partial charge in [0.1, 0.15) is 0 Å². The number of guanidine groups is 1. The monoisotopic (exact) mass is 355 g/mol. The van der Waals surface area contributed by atoms with E-state index in [-0.39, 0.29) is 17.5 Å². The Balaban J connectivity index is 2.50. The van der Waals surface area contributed by atoms with Crippen molar-refractivity contribution in [2.75, 3.05) is 32.8 Å². The maximum atomic E-state index is 11.6. The summed E-state index contributed by atoms with van der Waals surface area (Å²) in [5.41, 5.74) is 0.272. The highest BCUT2D eigenvalue weighted by Gasteiger charge is 2.33. The SMILES string of the molecule is CCNC(=NCC1(CCOCC)CCCC1)NCCC(=O)OC(C)C. The van der Waals surface area contributed by atoms with Crippen LogP contribution in [0.5, 0.6) is 0 Å². The maximum absolute atomic E-state index is 11.6. The van der Waals surface area contributed by atoms with Gasteiger partial charge in [-0.15, -0.1) is 0 Å². The summed E-state index contributed by atoms with van der Waals surface area (Å²) in [6.07, 6.45) is 6.37. The van der Waals surface area contributed by atoms with E-state index in [4.69, 9.17) is 14.5 Å². The van der Waals surface area contributed by atoms with Gasteiger partial charge in [-0.05, 0) is 52.4 Å². The first-order chi connectivity index (χ1) is 12.0. The van der Waals surface area contributed by atoms with Crippen LogP contribution < -0.4 is 10.6 Å². The molecule has 0 radical (unpaired) electrons. The van der Waals surface area contributed by atoms with Gasteiger partial charge in [0, 0.05) is 32.8 Å². The van der Waals surface area contributed by atoms with Crippen molar-refractivity contribution in [1.29, 1.82) is 0 Å². The van der Waals surface area contributed by atoms with Crippen LogP contribution in [-0.4, -0.2) is 50.9 Å². The Bertz CT molecular complexity index is 405. The number of carbonyl (C=O) groups excluding carboxylic acids is 1. The van der Waals surface area contributed by atoms with Gasteiger partial charge in [0.05, 0.1) is 12.5 Å². The third-order valence-corrected chi connectivity index (χ3v) is 4.55. The molecule has 0 aromatic rings. The van der Waals surface area contributed by atoms with Gasteiger partial charge in [0.15, 0.2) is 5.96 Å². The van der Waals surface area contributed by atoms with E-state index in [1.165, 1.54) is 25.7 Å². The molecule has 1 aliphatic rings. The van der Waals surface area contributed by atoms with Crippen LogP contribution >= 0.6 is 0 Å². The number of rotatable bonds is 11. The van der Waals surface area contributed by atoms with Crippen molar-refractivity contribution < 1.29 is 14.3 Å². The first-order valence-corrected chi connectivity index (χ1v) is 9.80. The fraction of sp³-hybridized carbons (Fsp3) is 0.895. The molecule has 0 heterocycles. The van der Waals surface area contributed by atoms with Crippen molar-refractivity contribution >= 4 is 11.9 Å². The van der Waals surface area contributed by atoms with Crippen molar-refractivity contribution in [2.24, 2.45) is 10.4 Å². The highest BCUT2D eigenvalue weighted by Crippen LogP contribution is 2.41. The number of hydrogen-bond acceptors (Lipinski definition) is 4. The molecule has 1 rings (SSSR count). The number of esters is 1. The molecule has 6 nitrogen and oxygen atoms in total. The van der Waals surface area contributed by atoms with Crippen molar-refractivity contribution in [3.8, 4) is 0 Å². The number of hydrogen-bond donors (Lipinski definition) is 2. The zero-order valence-electron chi connectivity index (χ0n) is 16.5. The highest BCUT2D eigenvalue weighted by atomic mass is 16.5. The lowest BCUT2D eigenvalue weighted by molar-refractivity contribution is -0.147. The van der Waals surface area contributed by atoms with Gasteiger partial charge in [-0.2, -0.15) is 0 Å². The predicted octanol–water partition coefficient (Wildman–Crippen LogP) is 2.87. The van der Waals surface area contributed by atoms with Crippen molar-refractivity contribution in [2.45, 2.75) is 72.3 Å². The van der Waals surface area contributed by atoms with Crippen LogP contribution in [0, 0.1) is 5.41 Å². The molecule has 0 saturated heterocycles. The second-order valence-corrected chi connectivity index (χ2v) is 7.06. The Morgan fingerprint density at radius 2 is 1.92 bits per heavy atom. The van der Waals surface area contributed by atoms with Gasteiger partial charge in [-0.3, -0.25) is 9.79 Å². The third-order valence-electron chi connectivity index (χ3n) is 4.55. The van der Waals surface area contributed by atoms with Crippen LogP contribution in [0.4, 0.5) is 0 Å². The van der Waals surface area contributed by atoms with E-state index in [0.29, 0.717) is 13.0 Å². The minimum Gasteiger partial charge on any atom is -0.463 e. The summed E-state index contributed by atoms with van der Waals surface area (Å²) < 4.78 is 10.7. The second-order valence-electron chi connectivity index (χ2n) is 7.06. The van der Waals surface area contributed by atoms with Crippen LogP contribution in [0.3, 0.4) is 0 Å². The summed E-state index contributed by atoms with van der Waals surface area (Å²) >= 11 is 0. The molecule has 0 bridgehead atoms. The summed E-state index contributed by atoms with van der Waals surface area (Å²) in [5, 5.41) is 6.50. The van der Waals surface area contributed by atoms with Crippen LogP contribution in [0.25, 0.3) is 0 Å². The Hall–Kier alpha value is -1.30. The molecule has 0 aromatic heterocycles. The summed E-state index contributed by atoms with van der Waals surface area (Å²) in [4.78, 5) is 16.4. The molecule has 0 atom stereocenters. The van der Waals surface area contributed by atoms with Gasteiger partial charge in [-0.25, -0.2) is 0 Å². The number of ether oxygens (including phenoxy) is 2. The lowest BCUT2D eigenvalue weighted by Crippen LogP contribution is -2.39. The Morgan fingerprint density at radius 1 is 1.20 bits per heavy atom. The number of aliphatic imine (C=N–C) groups is 1. The number of carbonyl (C=O) groups is 1. The van der Waals surface area contributed by atoms with E-state index in [2.05, 4.69) is 10.6 Å². The Morgan fingerprint density at radius 3 is 2.52 bits per heavy atom. The normalized spacial score (nSPS) is 16.9. The molecule has 1 saturated carbocycles. The maximum Gasteiger partial charge on any atom is 0.307 e. The van der Waals surface area contributed by atoms with Gasteiger partial charge in [0.2, 0.25) is 0 Å². The molecular weight excluding hydrogens is 318 g/mol. The molecule has 0 aromatic carbocycles. The van der Waals surface area contributed by atoms with Gasteiger partial charge < -0.3 is 20.1 Å². The lowest BCUT2D eigenvalue weighted by Gasteiger charge is -2.27. The molecule has 1 fully saturated rings. The molecule has 0 unspecified atom stereocenters. The Kier molecular flexibility index (Phi) is 10.5. The molecular formula is C19H37N3O3. The van der Waals surface area contributed by atoms with E-state index in [1.807, 2.05) is 27.7 Å². The van der Waals surface area contributed by atoms with E-state index in [1.54, 1.807) is 0 Å². The lowest BCUT2D eigenvalue weighted by atomic mass is 9.83. The molecule has 0 aliphatic heterocycles. The largest absolute Gasteiger partial charge is 0.463 e. The minimum absolute atomic E-state index is 0.0676. The van der Waals surface area contributed by atoms with Crippen LogP contribution in [0.1, 0.15) is 66.2 Å². The van der Waals surface area contributed by atoms with E-state index < -0.39 is 0 Å². The van der Waals surface area contributed by atoms with Crippen molar-refractivity contribution in [3.05, 3.63) is 0 Å². The second kappa shape index (κ2) is 12.1. The first kappa shape index (κ1) is 21.7. The molecule has 6 heteroatoms. The van der Waals surface area contributed by atoms with Crippen LogP contribution in [0.15, 0.2) is 4.99 Å². The van der Waals surface area contributed by atoms with Gasteiger partial charge in [-0.1, -0.05) is 12.8 Å². The average Bonchev–Trinajstić information content (AvgIpc) is 3.01. The predicted molar refractivity (Wildman–Crippen MR) is 102 cm³/mol. The van der Waals surface area contributed by atoms with Crippen molar-refractivity contribution in [1.82, 2.24) is 10.6 Å². The van der Waals surface area contributed by atoms with Crippen molar-refractivity contribution in [3.63, 3.8) is 0 Å². The molecule has 1 aliphatic carbocycles. The minimum atomic E-state index is -0.178. The quantitative estimate of drug-likeness (QED) is 0.258. The first-order valence-electron chi connectivity index (χ1n) is 9.80.